The van der Waals surface area contributed by atoms with Gasteiger partial charge in [0.15, 0.2) is 6.29 Å². The van der Waals surface area contributed by atoms with E-state index in [0.29, 0.717) is 23.7 Å². The van der Waals surface area contributed by atoms with E-state index in [2.05, 4.69) is 0 Å². The molecule has 5 unspecified atom stereocenters. The fourth-order valence-corrected chi connectivity index (χ4v) is 2.87. The van der Waals surface area contributed by atoms with E-state index in [9.17, 15) is 20.4 Å². The molecule has 0 aromatic heterocycles. The molecule has 1 aliphatic rings. The highest BCUT2D eigenvalue weighted by atomic mass is 16.7. The average molecular weight is 386 g/mol. The molecule has 5 atom stereocenters. The van der Waals surface area contributed by atoms with Crippen LogP contribution >= 0.6 is 0 Å². The molecule has 27 heavy (non-hydrogen) atoms. The van der Waals surface area contributed by atoms with Crippen molar-refractivity contribution in [2.75, 3.05) is 37.4 Å². The Hall–Kier alpha value is -1.62. The van der Waals surface area contributed by atoms with Crippen molar-refractivity contribution in [3.05, 3.63) is 18.2 Å². The minimum Gasteiger partial charge on any atom is -0.463 e. The predicted molar refractivity (Wildman–Crippen MR) is 99.5 cm³/mol. The summed E-state index contributed by atoms with van der Waals surface area (Å²) in [6.45, 7) is -0.0986. The molecule has 0 amide bonds. The zero-order valence-electron chi connectivity index (χ0n) is 15.4. The Labute approximate surface area is 158 Å². The molecule has 0 aliphatic carbocycles. The molecule has 0 saturated carbocycles. The van der Waals surface area contributed by atoms with Crippen LogP contribution in [-0.2, 0) is 4.74 Å². The molecule has 1 aliphatic heterocycles. The molecular formula is C18H30N2O7. The van der Waals surface area contributed by atoms with Gasteiger partial charge in [0.25, 0.3) is 0 Å². The van der Waals surface area contributed by atoms with E-state index in [1.165, 1.54) is 0 Å². The van der Waals surface area contributed by atoms with Crippen molar-refractivity contribution >= 4 is 11.4 Å². The third-order valence-electron chi connectivity index (χ3n) is 4.62. The smallest absolute Gasteiger partial charge is 0.199 e. The van der Waals surface area contributed by atoms with Crippen LogP contribution in [0, 0.1) is 0 Å². The van der Waals surface area contributed by atoms with Gasteiger partial charge in [-0.25, -0.2) is 0 Å². The maximum atomic E-state index is 10.1. The number of likely N-dealkylation sites (N-methyl/N-ethyl adjacent to an activating group) is 1. The van der Waals surface area contributed by atoms with Crippen molar-refractivity contribution in [1.82, 2.24) is 0 Å². The Morgan fingerprint density at radius 3 is 2.52 bits per heavy atom. The number of nitrogens with zero attached hydrogens (tertiary/aromatic N) is 1. The van der Waals surface area contributed by atoms with E-state index in [-0.39, 0.29) is 12.8 Å². The fraction of sp³-hybridized carbons (Fsp3) is 0.667. The monoisotopic (exact) mass is 386 g/mol. The number of ether oxygens (including phenoxy) is 2. The molecule has 154 valence electrons. The molecule has 0 spiro atoms. The Bertz CT molecular complexity index is 583. The maximum absolute atomic E-state index is 10.1. The van der Waals surface area contributed by atoms with E-state index in [4.69, 9.17) is 20.3 Å². The zero-order chi connectivity index (χ0) is 20.0. The number of hydrogen-bond acceptors (Lipinski definition) is 9. The molecule has 1 fully saturated rings. The summed E-state index contributed by atoms with van der Waals surface area (Å²) in [5.41, 5.74) is 7.11. The minimum atomic E-state index is -1.66. The first kappa shape index (κ1) is 21.7. The van der Waals surface area contributed by atoms with Crippen molar-refractivity contribution < 1.29 is 35.0 Å². The van der Waals surface area contributed by atoms with Crippen LogP contribution in [0.4, 0.5) is 11.4 Å². The van der Waals surface area contributed by atoms with Gasteiger partial charge in [0, 0.05) is 31.8 Å². The number of benzene rings is 1. The predicted octanol–water partition coefficient (Wildman–Crippen LogP) is -0.954. The van der Waals surface area contributed by atoms with Gasteiger partial charge < -0.3 is 45.6 Å². The van der Waals surface area contributed by atoms with Crippen molar-refractivity contribution in [2.24, 2.45) is 0 Å². The molecule has 0 radical (unpaired) electrons. The summed E-state index contributed by atoms with van der Waals surface area (Å²) in [4.78, 5) is 1.65. The van der Waals surface area contributed by atoms with Crippen molar-refractivity contribution in [3.8, 4) is 5.75 Å². The number of aliphatic hydroxyl groups is 5. The lowest BCUT2D eigenvalue weighted by molar-refractivity contribution is -0.112. The largest absolute Gasteiger partial charge is 0.463 e. The summed E-state index contributed by atoms with van der Waals surface area (Å²) >= 11 is 0. The highest BCUT2D eigenvalue weighted by Crippen LogP contribution is 2.30. The third kappa shape index (κ3) is 5.93. The number of aliphatic hydroxyl groups excluding tert-OH is 5. The number of nitrogen functional groups attached to an aromatic ring is 1. The second-order valence-corrected chi connectivity index (χ2v) is 6.82. The van der Waals surface area contributed by atoms with Gasteiger partial charge in [-0.05, 0) is 25.0 Å². The molecule has 1 saturated heterocycles. The van der Waals surface area contributed by atoms with Gasteiger partial charge in [-0.1, -0.05) is 0 Å². The lowest BCUT2D eigenvalue weighted by Crippen LogP contribution is -2.49. The van der Waals surface area contributed by atoms with E-state index < -0.39 is 31.0 Å². The van der Waals surface area contributed by atoms with Gasteiger partial charge >= 0.3 is 0 Å². The normalized spacial score (nSPS) is 21.9. The molecule has 2 rings (SSSR count). The van der Waals surface area contributed by atoms with E-state index in [1.807, 2.05) is 0 Å². The quantitative estimate of drug-likeness (QED) is 0.295. The van der Waals surface area contributed by atoms with Gasteiger partial charge in [-0.3, -0.25) is 0 Å². The summed E-state index contributed by atoms with van der Waals surface area (Å²) in [6, 6.07) is 5.13. The lowest BCUT2D eigenvalue weighted by Gasteiger charge is -2.30. The zero-order valence-corrected chi connectivity index (χ0v) is 15.4. The molecule has 1 heterocycles. The topological polar surface area (TPSA) is 149 Å². The van der Waals surface area contributed by atoms with Gasteiger partial charge in [0.1, 0.15) is 24.1 Å². The number of nitrogens with two attached hydrogens (primary N) is 1. The summed E-state index contributed by atoms with van der Waals surface area (Å²) in [6.07, 6.45) is -3.69. The van der Waals surface area contributed by atoms with Crippen molar-refractivity contribution in [1.29, 1.82) is 0 Å². The summed E-state index contributed by atoms with van der Waals surface area (Å²) in [5, 5.41) is 48.0. The van der Waals surface area contributed by atoms with Crippen LogP contribution in [0.25, 0.3) is 0 Å². The number of rotatable bonds is 9. The van der Waals surface area contributed by atoms with Crippen LogP contribution in [0.1, 0.15) is 19.3 Å². The van der Waals surface area contributed by atoms with Crippen molar-refractivity contribution in [2.45, 2.75) is 50.0 Å². The Kier molecular flexibility index (Phi) is 8.08. The summed E-state index contributed by atoms with van der Waals surface area (Å²) in [7, 11) is 1.69. The van der Waals surface area contributed by atoms with Gasteiger partial charge in [0.05, 0.1) is 25.0 Å². The molecular weight excluding hydrogens is 356 g/mol. The first-order chi connectivity index (χ1) is 12.8. The second-order valence-electron chi connectivity index (χ2n) is 6.82. The SMILES string of the molecule is CN(CC(O)C(O)C(O)C(O)CO)c1ccc(N)c(OC2CCCCO2)c1. The highest BCUT2D eigenvalue weighted by Gasteiger charge is 2.30. The van der Waals surface area contributed by atoms with E-state index in [1.54, 1.807) is 30.1 Å². The van der Waals surface area contributed by atoms with Gasteiger partial charge in [-0.15, -0.1) is 0 Å². The number of hydrogen-bond donors (Lipinski definition) is 6. The molecule has 9 heteroatoms. The highest BCUT2D eigenvalue weighted by molar-refractivity contribution is 5.62. The molecule has 1 aromatic rings. The molecule has 0 bridgehead atoms. The Balaban J connectivity index is 2.00. The minimum absolute atomic E-state index is 0.0281. The molecule has 7 N–H and O–H groups in total. The molecule has 9 nitrogen and oxygen atoms in total. The van der Waals surface area contributed by atoms with Gasteiger partial charge in [-0.2, -0.15) is 0 Å². The Morgan fingerprint density at radius 1 is 1.19 bits per heavy atom. The molecule has 1 aromatic carbocycles. The lowest BCUT2D eigenvalue weighted by atomic mass is 10.0. The van der Waals surface area contributed by atoms with Gasteiger partial charge in [0.2, 0.25) is 0 Å². The van der Waals surface area contributed by atoms with Crippen molar-refractivity contribution in [3.63, 3.8) is 0 Å². The summed E-state index contributed by atoms with van der Waals surface area (Å²) < 4.78 is 11.4. The average Bonchev–Trinajstić information content (AvgIpc) is 2.68. The third-order valence-corrected chi connectivity index (χ3v) is 4.62. The van der Waals surface area contributed by atoms with Crippen LogP contribution in [0.5, 0.6) is 5.75 Å². The maximum Gasteiger partial charge on any atom is 0.199 e. The van der Waals surface area contributed by atoms with Crippen LogP contribution in [0.15, 0.2) is 18.2 Å². The fourth-order valence-electron chi connectivity index (χ4n) is 2.87. The Morgan fingerprint density at radius 2 is 1.89 bits per heavy atom. The summed E-state index contributed by atoms with van der Waals surface area (Å²) in [5.74, 6) is 0.469. The van der Waals surface area contributed by atoms with Crippen LogP contribution in [0.3, 0.4) is 0 Å². The van der Waals surface area contributed by atoms with Crippen LogP contribution in [0.2, 0.25) is 0 Å². The van der Waals surface area contributed by atoms with E-state index in [0.717, 1.165) is 19.3 Å². The van der Waals surface area contributed by atoms with Crippen LogP contribution in [-0.4, -0.2) is 83.0 Å². The standard InChI is InChI=1S/C18H30N2O7/c1-20(9-13(22)17(24)18(25)14(23)10-21)11-5-6-12(19)15(8-11)27-16-4-2-3-7-26-16/h5-6,8,13-14,16-18,21-25H,2-4,7,9-10,19H2,1H3. The van der Waals surface area contributed by atoms with Crippen LogP contribution < -0.4 is 15.4 Å². The number of anilines is 2. The van der Waals surface area contributed by atoms with E-state index >= 15 is 0 Å². The first-order valence-electron chi connectivity index (χ1n) is 9.05. The first-order valence-corrected chi connectivity index (χ1v) is 9.05. The second kappa shape index (κ2) is 10.1.